The summed E-state index contributed by atoms with van der Waals surface area (Å²) in [6.45, 7) is 3.00. The number of amides is 2. The minimum absolute atomic E-state index is 0.0383. The Morgan fingerprint density at radius 1 is 1.05 bits per heavy atom. The number of sulfonamides is 1. The molecule has 0 aliphatic heterocycles. The summed E-state index contributed by atoms with van der Waals surface area (Å²) in [6.07, 6.45) is 0. The minimum atomic E-state index is -4.24. The van der Waals surface area contributed by atoms with Gasteiger partial charge in [0.15, 0.2) is 0 Å². The Bertz CT molecular complexity index is 1370. The number of hydrogen-bond donors (Lipinski definition) is 1. The molecule has 8 nitrogen and oxygen atoms in total. The number of methoxy groups -OCH3 is 1. The van der Waals surface area contributed by atoms with Gasteiger partial charge < -0.3 is 15.0 Å². The lowest BCUT2D eigenvalue weighted by Gasteiger charge is -2.32. The molecule has 38 heavy (non-hydrogen) atoms. The van der Waals surface area contributed by atoms with Crippen molar-refractivity contribution in [2.24, 2.45) is 0 Å². The van der Waals surface area contributed by atoms with Crippen molar-refractivity contribution in [1.29, 1.82) is 0 Å². The summed E-state index contributed by atoms with van der Waals surface area (Å²) in [4.78, 5) is 27.6. The summed E-state index contributed by atoms with van der Waals surface area (Å²) in [5, 5.41) is 2.96. The zero-order valence-corrected chi connectivity index (χ0v) is 22.8. The second kappa shape index (κ2) is 12.7. The van der Waals surface area contributed by atoms with Crippen LogP contribution in [-0.4, -0.2) is 51.4 Å². The molecule has 202 valence electrons. The van der Waals surface area contributed by atoms with Crippen LogP contribution < -0.4 is 14.4 Å². The molecule has 0 saturated heterocycles. The van der Waals surface area contributed by atoms with Gasteiger partial charge in [0, 0.05) is 18.1 Å². The van der Waals surface area contributed by atoms with Crippen LogP contribution in [0, 0.1) is 5.82 Å². The maximum atomic E-state index is 13.8. The van der Waals surface area contributed by atoms with Gasteiger partial charge in [0.05, 0.1) is 17.7 Å². The number of nitrogens with zero attached hydrogens (tertiary/aromatic N) is 2. The van der Waals surface area contributed by atoms with Crippen molar-refractivity contribution in [3.05, 3.63) is 89.2 Å². The zero-order valence-electron chi connectivity index (χ0n) is 21.2. The number of carbonyl (C=O) groups excluding carboxylic acids is 2. The Morgan fingerprint density at radius 3 is 2.29 bits per heavy atom. The van der Waals surface area contributed by atoms with Gasteiger partial charge in [0.25, 0.3) is 10.0 Å². The van der Waals surface area contributed by atoms with Crippen molar-refractivity contribution in [2.75, 3.05) is 24.5 Å². The zero-order chi connectivity index (χ0) is 27.9. The molecular weight excluding hydrogens is 533 g/mol. The van der Waals surface area contributed by atoms with Crippen LogP contribution in [0.4, 0.5) is 10.1 Å². The molecule has 0 aliphatic carbocycles. The van der Waals surface area contributed by atoms with E-state index in [1.54, 1.807) is 26.0 Å². The third kappa shape index (κ3) is 7.02. The van der Waals surface area contributed by atoms with Crippen molar-refractivity contribution in [1.82, 2.24) is 10.2 Å². The Kier molecular flexibility index (Phi) is 9.71. The van der Waals surface area contributed by atoms with Crippen molar-refractivity contribution in [2.45, 2.75) is 31.3 Å². The average Bonchev–Trinajstić information content (AvgIpc) is 2.91. The number of likely N-dealkylation sites (N-methyl/N-ethyl adjacent to an activating group) is 1. The molecule has 0 spiro atoms. The molecule has 1 atom stereocenters. The van der Waals surface area contributed by atoms with E-state index in [9.17, 15) is 22.4 Å². The van der Waals surface area contributed by atoms with E-state index in [2.05, 4.69) is 5.32 Å². The van der Waals surface area contributed by atoms with Gasteiger partial charge in [0.1, 0.15) is 24.2 Å². The molecule has 0 heterocycles. The van der Waals surface area contributed by atoms with E-state index in [0.29, 0.717) is 17.9 Å². The highest BCUT2D eigenvalue weighted by atomic mass is 35.5. The number of benzene rings is 3. The van der Waals surface area contributed by atoms with Gasteiger partial charge in [0.2, 0.25) is 11.8 Å². The first-order chi connectivity index (χ1) is 18.1. The Hall–Kier alpha value is -3.63. The van der Waals surface area contributed by atoms with E-state index in [-0.39, 0.29) is 22.2 Å². The summed E-state index contributed by atoms with van der Waals surface area (Å²) >= 11 is 6.15. The van der Waals surface area contributed by atoms with Gasteiger partial charge in [-0.05, 0) is 74.0 Å². The fourth-order valence-corrected chi connectivity index (χ4v) is 5.32. The van der Waals surface area contributed by atoms with Gasteiger partial charge in [-0.3, -0.25) is 13.9 Å². The fourth-order valence-electron chi connectivity index (χ4n) is 3.73. The van der Waals surface area contributed by atoms with E-state index in [4.69, 9.17) is 16.3 Å². The molecule has 0 radical (unpaired) electrons. The predicted molar refractivity (Wildman–Crippen MR) is 144 cm³/mol. The number of carbonyl (C=O) groups is 2. The first-order valence-corrected chi connectivity index (χ1v) is 13.6. The summed E-state index contributed by atoms with van der Waals surface area (Å²) < 4.78 is 47.0. The molecule has 11 heteroatoms. The van der Waals surface area contributed by atoms with Crippen LogP contribution in [0.1, 0.15) is 19.4 Å². The quantitative estimate of drug-likeness (QED) is 0.378. The van der Waals surface area contributed by atoms with E-state index < -0.39 is 40.2 Å². The van der Waals surface area contributed by atoms with E-state index in [0.717, 1.165) is 4.31 Å². The maximum absolute atomic E-state index is 13.8. The van der Waals surface area contributed by atoms with Crippen molar-refractivity contribution in [3.8, 4) is 5.75 Å². The van der Waals surface area contributed by atoms with Gasteiger partial charge >= 0.3 is 0 Å². The summed E-state index contributed by atoms with van der Waals surface area (Å²) in [5.41, 5.74) is 0.747. The summed E-state index contributed by atoms with van der Waals surface area (Å²) in [6, 6.07) is 16.5. The second-order valence-electron chi connectivity index (χ2n) is 8.39. The third-order valence-electron chi connectivity index (χ3n) is 5.81. The molecular formula is C27H29ClFN3O5S. The van der Waals surface area contributed by atoms with Crippen molar-refractivity contribution >= 4 is 39.1 Å². The highest BCUT2D eigenvalue weighted by molar-refractivity contribution is 7.92. The number of anilines is 1. The molecule has 0 fully saturated rings. The summed E-state index contributed by atoms with van der Waals surface area (Å²) in [7, 11) is -2.77. The normalized spacial score (nSPS) is 11.9. The monoisotopic (exact) mass is 561 g/mol. The lowest BCUT2D eigenvalue weighted by atomic mass is 10.1. The van der Waals surface area contributed by atoms with Crippen LogP contribution in [0.2, 0.25) is 5.02 Å². The average molecular weight is 562 g/mol. The third-order valence-corrected chi connectivity index (χ3v) is 7.83. The van der Waals surface area contributed by atoms with Crippen LogP contribution in [0.15, 0.2) is 77.7 Å². The number of nitrogens with one attached hydrogen (secondary N) is 1. The number of rotatable bonds is 11. The highest BCUT2D eigenvalue weighted by Crippen LogP contribution is 2.27. The van der Waals surface area contributed by atoms with Crippen LogP contribution in [0.25, 0.3) is 0 Å². The van der Waals surface area contributed by atoms with Crippen molar-refractivity contribution < 1.29 is 27.1 Å². The van der Waals surface area contributed by atoms with Gasteiger partial charge in [-0.1, -0.05) is 29.8 Å². The van der Waals surface area contributed by atoms with Gasteiger partial charge in [-0.15, -0.1) is 0 Å². The minimum Gasteiger partial charge on any atom is -0.497 e. The number of ether oxygens (including phenoxy) is 1. The molecule has 0 aromatic heterocycles. The van der Waals surface area contributed by atoms with Crippen LogP contribution >= 0.6 is 11.6 Å². The molecule has 0 aliphatic rings. The van der Waals surface area contributed by atoms with Crippen molar-refractivity contribution in [3.63, 3.8) is 0 Å². The molecule has 1 N–H and O–H groups in total. The molecule has 0 unspecified atom stereocenters. The summed E-state index contributed by atoms with van der Waals surface area (Å²) in [5.74, 6) is -1.02. The van der Waals surface area contributed by atoms with Crippen LogP contribution in [0.5, 0.6) is 5.75 Å². The lowest BCUT2D eigenvalue weighted by molar-refractivity contribution is -0.139. The van der Waals surface area contributed by atoms with Gasteiger partial charge in [-0.25, -0.2) is 12.8 Å². The second-order valence-corrected chi connectivity index (χ2v) is 10.7. The van der Waals surface area contributed by atoms with E-state index in [1.807, 2.05) is 0 Å². The molecule has 3 aromatic carbocycles. The Morgan fingerprint density at radius 2 is 1.71 bits per heavy atom. The van der Waals surface area contributed by atoms with Crippen LogP contribution in [-0.2, 0) is 26.2 Å². The SMILES string of the molecule is CCNC(=O)[C@@H](C)N(Cc1ccc(F)cc1)C(=O)CN(c1cccc(Cl)c1)S(=O)(=O)c1ccc(OC)cc1. The first kappa shape index (κ1) is 28.9. The Labute approximate surface area is 227 Å². The fraction of sp³-hybridized carbons (Fsp3) is 0.259. The number of halogens is 2. The largest absolute Gasteiger partial charge is 0.497 e. The molecule has 3 aromatic rings. The maximum Gasteiger partial charge on any atom is 0.264 e. The topological polar surface area (TPSA) is 96.0 Å². The Balaban J connectivity index is 2.02. The highest BCUT2D eigenvalue weighted by Gasteiger charge is 2.32. The molecule has 2 amide bonds. The molecule has 0 saturated carbocycles. The lowest BCUT2D eigenvalue weighted by Crippen LogP contribution is -2.51. The van der Waals surface area contributed by atoms with E-state index >= 15 is 0 Å². The molecule has 3 rings (SSSR count). The van der Waals surface area contributed by atoms with E-state index in [1.165, 1.54) is 72.7 Å². The first-order valence-electron chi connectivity index (χ1n) is 11.8. The van der Waals surface area contributed by atoms with Gasteiger partial charge in [-0.2, -0.15) is 0 Å². The standard InChI is InChI=1S/C27H29ClFN3O5S/c1-4-30-27(34)19(2)31(17-20-8-10-22(29)11-9-20)26(33)18-32(23-7-5-6-21(28)16-23)38(35,36)25-14-12-24(37-3)13-15-25/h5-16,19H,4,17-18H2,1-3H3,(H,30,34)/t19-/m1/s1. The van der Waals surface area contributed by atoms with Crippen LogP contribution in [0.3, 0.4) is 0 Å². The number of hydrogen-bond acceptors (Lipinski definition) is 5. The molecule has 0 bridgehead atoms. The smallest absolute Gasteiger partial charge is 0.264 e. The predicted octanol–water partition coefficient (Wildman–Crippen LogP) is 4.24.